The number of carbonyl (C=O) groups is 2. The number of hydrogen-bond donors (Lipinski definition) is 1. The van der Waals surface area contributed by atoms with Crippen molar-refractivity contribution >= 4 is 39.2 Å². The van der Waals surface area contributed by atoms with Gasteiger partial charge in [-0.3, -0.25) is 4.79 Å². The number of carbonyl (C=O) groups excluding carboxylic acids is 2. The quantitative estimate of drug-likeness (QED) is 0.646. The molecule has 2 N–H and O–H groups in total. The van der Waals surface area contributed by atoms with Crippen LogP contribution in [0, 0.1) is 25.2 Å². The van der Waals surface area contributed by atoms with Crippen LogP contribution in [0.1, 0.15) is 27.9 Å². The summed E-state index contributed by atoms with van der Waals surface area (Å²) in [6.45, 7) is 2.89. The highest BCUT2D eigenvalue weighted by Crippen LogP contribution is 2.23. The molecule has 2 aromatic rings. The van der Waals surface area contributed by atoms with Crippen molar-refractivity contribution in [2.24, 2.45) is 5.14 Å². The number of halogens is 1. The number of esters is 1. The predicted octanol–water partition coefficient (Wildman–Crippen LogP) is 2.71. The molecule has 2 aromatic carbocycles. The van der Waals surface area contributed by atoms with Crippen LogP contribution in [0.5, 0.6) is 0 Å². The molecule has 0 unspecified atom stereocenters. The summed E-state index contributed by atoms with van der Waals surface area (Å²) in [5.74, 6) is -1.40. The first-order valence-electron chi connectivity index (χ1n) is 8.78. The van der Waals surface area contributed by atoms with Gasteiger partial charge in [-0.1, -0.05) is 17.7 Å². The van der Waals surface area contributed by atoms with E-state index in [0.29, 0.717) is 16.3 Å². The Morgan fingerprint density at radius 1 is 1.17 bits per heavy atom. The molecule has 2 rings (SSSR count). The second-order valence-electron chi connectivity index (χ2n) is 6.48. The molecule has 0 aliphatic heterocycles. The fourth-order valence-electron chi connectivity index (χ4n) is 2.64. The van der Waals surface area contributed by atoms with E-state index in [2.05, 4.69) is 0 Å². The van der Waals surface area contributed by atoms with Crippen molar-refractivity contribution in [2.45, 2.75) is 25.2 Å². The van der Waals surface area contributed by atoms with Gasteiger partial charge in [0.05, 0.1) is 22.9 Å². The standard InChI is InChI=1S/C20H20ClN3O5S/c1-13-4-6-16(30(23,27)28)11-17(13)20(26)29-12-19(25)24(9-3-8-22)15-5-7-18(21)14(2)10-15/h4-7,10-11H,3,9,12H2,1-2H3,(H2,23,27,28). The number of hydrogen-bond acceptors (Lipinski definition) is 6. The number of anilines is 1. The largest absolute Gasteiger partial charge is 0.452 e. The average Bonchev–Trinajstić information content (AvgIpc) is 2.68. The van der Waals surface area contributed by atoms with Crippen molar-refractivity contribution in [3.8, 4) is 6.07 Å². The highest BCUT2D eigenvalue weighted by Gasteiger charge is 2.21. The van der Waals surface area contributed by atoms with E-state index >= 15 is 0 Å². The lowest BCUT2D eigenvalue weighted by Crippen LogP contribution is -2.35. The van der Waals surface area contributed by atoms with Crippen LogP contribution in [0.2, 0.25) is 5.02 Å². The lowest BCUT2D eigenvalue weighted by Gasteiger charge is -2.22. The molecule has 0 atom stereocenters. The zero-order valence-corrected chi connectivity index (χ0v) is 18.0. The van der Waals surface area contributed by atoms with Gasteiger partial charge in [0.1, 0.15) is 0 Å². The first-order valence-corrected chi connectivity index (χ1v) is 10.7. The van der Waals surface area contributed by atoms with Crippen molar-refractivity contribution in [1.29, 1.82) is 5.26 Å². The van der Waals surface area contributed by atoms with Gasteiger partial charge < -0.3 is 9.64 Å². The number of sulfonamides is 1. The molecule has 0 heterocycles. The Balaban J connectivity index is 2.19. The van der Waals surface area contributed by atoms with Gasteiger partial charge in [-0.15, -0.1) is 0 Å². The Labute approximate surface area is 179 Å². The number of primary sulfonamides is 1. The first kappa shape index (κ1) is 23.3. The number of nitrogens with two attached hydrogens (primary N) is 1. The molecule has 0 saturated heterocycles. The average molecular weight is 450 g/mol. The Bertz CT molecular complexity index is 1130. The smallest absolute Gasteiger partial charge is 0.338 e. The van der Waals surface area contributed by atoms with Gasteiger partial charge in [-0.2, -0.15) is 5.26 Å². The van der Waals surface area contributed by atoms with E-state index < -0.39 is 28.5 Å². The Kier molecular flexibility index (Phi) is 7.56. The molecule has 0 fully saturated rings. The fraction of sp³-hybridized carbons (Fsp3) is 0.250. The maximum absolute atomic E-state index is 12.7. The monoisotopic (exact) mass is 449 g/mol. The predicted molar refractivity (Wildman–Crippen MR) is 112 cm³/mol. The van der Waals surface area contributed by atoms with Crippen LogP contribution >= 0.6 is 11.6 Å². The zero-order chi connectivity index (χ0) is 22.5. The number of rotatable bonds is 7. The van der Waals surface area contributed by atoms with Gasteiger partial charge in [0.15, 0.2) is 6.61 Å². The van der Waals surface area contributed by atoms with E-state index in [-0.39, 0.29) is 23.4 Å². The van der Waals surface area contributed by atoms with Crippen LogP contribution in [0.15, 0.2) is 41.3 Å². The first-order chi connectivity index (χ1) is 14.0. The van der Waals surface area contributed by atoms with E-state index in [4.69, 9.17) is 26.7 Å². The third-order valence-corrected chi connectivity index (χ3v) is 5.62. The minimum Gasteiger partial charge on any atom is -0.452 e. The van der Waals surface area contributed by atoms with Gasteiger partial charge in [-0.25, -0.2) is 18.4 Å². The van der Waals surface area contributed by atoms with Crippen LogP contribution in [0.25, 0.3) is 0 Å². The molecule has 0 bridgehead atoms. The summed E-state index contributed by atoms with van der Waals surface area (Å²) in [5, 5.41) is 14.5. The van der Waals surface area contributed by atoms with Gasteiger partial charge >= 0.3 is 5.97 Å². The summed E-state index contributed by atoms with van der Waals surface area (Å²) in [6, 6.07) is 10.7. The van der Waals surface area contributed by atoms with E-state index in [1.807, 2.05) is 6.07 Å². The fourth-order valence-corrected chi connectivity index (χ4v) is 3.29. The third-order valence-electron chi connectivity index (χ3n) is 4.29. The molecule has 0 saturated carbocycles. The maximum Gasteiger partial charge on any atom is 0.338 e. The SMILES string of the molecule is Cc1cc(N(CCC#N)C(=O)COC(=O)c2cc(S(N)(=O)=O)ccc2C)ccc1Cl. The highest BCUT2D eigenvalue weighted by molar-refractivity contribution is 7.89. The molecule has 30 heavy (non-hydrogen) atoms. The van der Waals surface area contributed by atoms with E-state index in [1.165, 1.54) is 17.0 Å². The van der Waals surface area contributed by atoms with Crippen LogP contribution < -0.4 is 10.0 Å². The molecule has 1 amide bonds. The van der Waals surface area contributed by atoms with Gasteiger partial charge in [0.25, 0.3) is 5.91 Å². The number of amides is 1. The summed E-state index contributed by atoms with van der Waals surface area (Å²) in [5.41, 5.74) is 1.71. The molecule has 0 aliphatic rings. The lowest BCUT2D eigenvalue weighted by atomic mass is 10.1. The van der Waals surface area contributed by atoms with Gasteiger partial charge in [0, 0.05) is 17.3 Å². The van der Waals surface area contributed by atoms with Gasteiger partial charge in [0.2, 0.25) is 10.0 Å². The van der Waals surface area contributed by atoms with E-state index in [1.54, 1.807) is 32.0 Å². The van der Waals surface area contributed by atoms with E-state index in [0.717, 1.165) is 11.6 Å². The topological polar surface area (TPSA) is 131 Å². The van der Waals surface area contributed by atoms with Crippen molar-refractivity contribution < 1.29 is 22.7 Å². The molecule has 0 aliphatic carbocycles. The molecule has 158 valence electrons. The Morgan fingerprint density at radius 3 is 2.47 bits per heavy atom. The number of nitriles is 1. The molecule has 0 aromatic heterocycles. The zero-order valence-electron chi connectivity index (χ0n) is 16.4. The normalized spacial score (nSPS) is 10.9. The number of benzene rings is 2. The molecular weight excluding hydrogens is 430 g/mol. The summed E-state index contributed by atoms with van der Waals surface area (Å²) < 4.78 is 28.1. The molecule has 0 radical (unpaired) electrons. The van der Waals surface area contributed by atoms with Gasteiger partial charge in [-0.05, 0) is 55.3 Å². The summed E-state index contributed by atoms with van der Waals surface area (Å²) in [7, 11) is -4.00. The van der Waals surface area contributed by atoms with Crippen LogP contribution in [0.4, 0.5) is 5.69 Å². The van der Waals surface area contributed by atoms with Crippen LogP contribution in [-0.4, -0.2) is 33.4 Å². The second-order valence-corrected chi connectivity index (χ2v) is 8.45. The Hall–Kier alpha value is -2.93. The molecular formula is C20H20ClN3O5S. The van der Waals surface area contributed by atoms with Crippen LogP contribution in [-0.2, 0) is 19.6 Å². The van der Waals surface area contributed by atoms with Crippen LogP contribution in [0.3, 0.4) is 0 Å². The van der Waals surface area contributed by atoms with E-state index in [9.17, 15) is 18.0 Å². The minimum atomic E-state index is -4.00. The lowest BCUT2D eigenvalue weighted by molar-refractivity contribution is -0.121. The highest BCUT2D eigenvalue weighted by atomic mass is 35.5. The van der Waals surface area contributed by atoms with Crippen molar-refractivity contribution in [3.05, 3.63) is 58.1 Å². The number of aryl methyl sites for hydroxylation is 2. The number of nitrogens with zero attached hydrogens (tertiary/aromatic N) is 2. The third kappa shape index (κ3) is 5.79. The van der Waals surface area contributed by atoms with Crippen molar-refractivity contribution in [2.75, 3.05) is 18.1 Å². The summed E-state index contributed by atoms with van der Waals surface area (Å²) in [6.07, 6.45) is 0.0802. The van der Waals surface area contributed by atoms with Crippen molar-refractivity contribution in [3.63, 3.8) is 0 Å². The van der Waals surface area contributed by atoms with Crippen molar-refractivity contribution in [1.82, 2.24) is 0 Å². The molecule has 8 nitrogen and oxygen atoms in total. The molecule has 0 spiro atoms. The second kappa shape index (κ2) is 9.71. The Morgan fingerprint density at radius 2 is 1.87 bits per heavy atom. The maximum atomic E-state index is 12.7. The summed E-state index contributed by atoms with van der Waals surface area (Å²) in [4.78, 5) is 26.2. The minimum absolute atomic E-state index is 0.0137. The number of ether oxygens (including phenoxy) is 1. The molecule has 10 heteroatoms. The summed E-state index contributed by atoms with van der Waals surface area (Å²) >= 11 is 6.02.